The first kappa shape index (κ1) is 17.2. The summed E-state index contributed by atoms with van der Waals surface area (Å²) in [5.74, 6) is 1.50. The van der Waals surface area contributed by atoms with Crippen LogP contribution in [-0.2, 0) is 11.2 Å². The zero-order chi connectivity index (χ0) is 18.0. The van der Waals surface area contributed by atoms with E-state index in [4.69, 9.17) is 4.74 Å². The topological polar surface area (TPSA) is 67.3 Å². The highest BCUT2D eigenvalue weighted by atomic mass is 16.5. The molecule has 1 saturated heterocycles. The summed E-state index contributed by atoms with van der Waals surface area (Å²) in [6.07, 6.45) is 0.776. The number of nitrogens with one attached hydrogen (secondary N) is 1. The van der Waals surface area contributed by atoms with Crippen molar-refractivity contribution in [3.8, 4) is 5.75 Å². The number of methoxy groups -OCH3 is 1. The average Bonchev–Trinajstić information content (AvgIpc) is 2.61. The van der Waals surface area contributed by atoms with Crippen molar-refractivity contribution in [3.63, 3.8) is 0 Å². The Labute approximate surface area is 148 Å². The van der Waals surface area contributed by atoms with Crippen molar-refractivity contribution in [2.75, 3.05) is 25.1 Å². The van der Waals surface area contributed by atoms with Gasteiger partial charge in [-0.15, -0.1) is 0 Å². The first-order valence-electron chi connectivity index (χ1n) is 8.51. The van der Waals surface area contributed by atoms with Crippen LogP contribution in [0, 0.1) is 13.8 Å². The molecule has 1 aliphatic heterocycles. The van der Waals surface area contributed by atoms with Crippen LogP contribution in [0.3, 0.4) is 0 Å². The van der Waals surface area contributed by atoms with Crippen LogP contribution < -0.4 is 15.0 Å². The van der Waals surface area contributed by atoms with Crippen LogP contribution in [0.15, 0.2) is 24.3 Å². The van der Waals surface area contributed by atoms with E-state index in [2.05, 4.69) is 27.4 Å². The molecule has 0 aliphatic carbocycles. The lowest BCUT2D eigenvalue weighted by molar-refractivity contribution is -0.122. The first-order valence-corrected chi connectivity index (χ1v) is 8.51. The Morgan fingerprint density at radius 2 is 1.84 bits per heavy atom. The maximum absolute atomic E-state index is 11.9. The minimum Gasteiger partial charge on any atom is -0.497 e. The lowest BCUT2D eigenvalue weighted by Gasteiger charge is -2.33. The van der Waals surface area contributed by atoms with Gasteiger partial charge in [0.25, 0.3) is 0 Å². The fourth-order valence-corrected chi connectivity index (χ4v) is 3.11. The van der Waals surface area contributed by atoms with Gasteiger partial charge in [-0.05, 0) is 44.0 Å². The third kappa shape index (κ3) is 3.57. The zero-order valence-electron chi connectivity index (χ0n) is 15.2. The molecule has 1 atom stereocenters. The van der Waals surface area contributed by atoms with E-state index in [9.17, 15) is 4.79 Å². The highest BCUT2D eigenvalue weighted by Crippen LogP contribution is 2.22. The normalized spacial score (nSPS) is 17.4. The maximum atomic E-state index is 11.9. The standard InChI is InChI=1S/C19H24N4O2/c1-12-17(11-15-5-7-16(25-4)8-6-15)13(2)22-19(21-12)23-10-9-20-18(24)14(23)3/h5-8,14H,9-11H2,1-4H3,(H,20,24)/t14-/m0/s1. The van der Waals surface area contributed by atoms with E-state index in [-0.39, 0.29) is 11.9 Å². The molecule has 2 aromatic rings. The third-order valence-corrected chi connectivity index (χ3v) is 4.70. The van der Waals surface area contributed by atoms with Gasteiger partial charge in [0.05, 0.1) is 7.11 Å². The van der Waals surface area contributed by atoms with Gasteiger partial charge in [0.2, 0.25) is 11.9 Å². The van der Waals surface area contributed by atoms with E-state index in [0.717, 1.165) is 35.7 Å². The van der Waals surface area contributed by atoms with Gasteiger partial charge >= 0.3 is 0 Å². The summed E-state index contributed by atoms with van der Waals surface area (Å²) in [5, 5.41) is 2.87. The summed E-state index contributed by atoms with van der Waals surface area (Å²) < 4.78 is 5.21. The Hall–Kier alpha value is -2.63. The van der Waals surface area contributed by atoms with Gasteiger partial charge in [0, 0.05) is 30.9 Å². The number of ether oxygens (including phenoxy) is 1. The number of benzene rings is 1. The molecule has 1 aromatic heterocycles. The predicted molar refractivity (Wildman–Crippen MR) is 97.1 cm³/mol. The molecule has 1 aromatic carbocycles. The van der Waals surface area contributed by atoms with Crippen molar-refractivity contribution in [3.05, 3.63) is 46.8 Å². The van der Waals surface area contributed by atoms with Crippen LogP contribution in [0.25, 0.3) is 0 Å². The Kier molecular flexibility index (Phi) is 4.88. The number of nitrogens with zero attached hydrogens (tertiary/aromatic N) is 3. The fraction of sp³-hybridized carbons (Fsp3) is 0.421. The monoisotopic (exact) mass is 340 g/mol. The van der Waals surface area contributed by atoms with Gasteiger partial charge in [-0.25, -0.2) is 9.97 Å². The van der Waals surface area contributed by atoms with E-state index in [1.807, 2.05) is 37.8 Å². The molecule has 6 nitrogen and oxygen atoms in total. The minimum absolute atomic E-state index is 0.0208. The quantitative estimate of drug-likeness (QED) is 0.922. The molecular weight excluding hydrogens is 316 g/mol. The Morgan fingerprint density at radius 3 is 2.44 bits per heavy atom. The minimum atomic E-state index is -0.250. The molecule has 3 rings (SSSR count). The van der Waals surface area contributed by atoms with Crippen molar-refractivity contribution in [2.45, 2.75) is 33.2 Å². The third-order valence-electron chi connectivity index (χ3n) is 4.70. The molecule has 1 amide bonds. The summed E-state index contributed by atoms with van der Waals surface area (Å²) in [5.41, 5.74) is 4.23. The molecule has 2 heterocycles. The molecule has 25 heavy (non-hydrogen) atoms. The highest BCUT2D eigenvalue weighted by Gasteiger charge is 2.28. The van der Waals surface area contributed by atoms with Crippen molar-refractivity contribution in [2.24, 2.45) is 0 Å². The van der Waals surface area contributed by atoms with Crippen LogP contribution in [-0.4, -0.2) is 42.1 Å². The van der Waals surface area contributed by atoms with Crippen molar-refractivity contribution in [1.29, 1.82) is 0 Å². The number of amides is 1. The number of piperazine rings is 1. The van der Waals surface area contributed by atoms with Crippen LogP contribution in [0.4, 0.5) is 5.95 Å². The summed E-state index contributed by atoms with van der Waals surface area (Å²) in [4.78, 5) is 23.2. The number of hydrogen-bond donors (Lipinski definition) is 1. The molecule has 0 bridgehead atoms. The first-order chi connectivity index (χ1) is 12.0. The van der Waals surface area contributed by atoms with E-state index in [0.29, 0.717) is 12.5 Å². The van der Waals surface area contributed by atoms with E-state index < -0.39 is 0 Å². The zero-order valence-corrected chi connectivity index (χ0v) is 15.2. The number of carbonyl (C=O) groups is 1. The SMILES string of the molecule is COc1ccc(Cc2c(C)nc(N3CCNC(=O)[C@@H]3C)nc2C)cc1. The lowest BCUT2D eigenvalue weighted by atomic mass is 10.0. The molecule has 1 N–H and O–H groups in total. The van der Waals surface area contributed by atoms with Gasteiger partial charge in [-0.1, -0.05) is 12.1 Å². The van der Waals surface area contributed by atoms with E-state index >= 15 is 0 Å². The molecule has 1 fully saturated rings. The summed E-state index contributed by atoms with van der Waals surface area (Å²) in [7, 11) is 1.66. The second-order valence-electron chi connectivity index (χ2n) is 6.36. The predicted octanol–water partition coefficient (Wildman–Crippen LogP) is 2.02. The van der Waals surface area contributed by atoms with Crippen molar-refractivity contribution in [1.82, 2.24) is 15.3 Å². The number of anilines is 1. The van der Waals surface area contributed by atoms with Crippen molar-refractivity contribution >= 4 is 11.9 Å². The Balaban J connectivity index is 1.85. The Morgan fingerprint density at radius 1 is 1.20 bits per heavy atom. The summed E-state index contributed by atoms with van der Waals surface area (Å²) in [6.45, 7) is 7.24. The van der Waals surface area contributed by atoms with Gasteiger partial charge in [-0.3, -0.25) is 4.79 Å². The van der Waals surface area contributed by atoms with Crippen LogP contribution in [0.5, 0.6) is 5.75 Å². The number of carbonyl (C=O) groups excluding carboxylic acids is 1. The number of hydrogen-bond acceptors (Lipinski definition) is 5. The van der Waals surface area contributed by atoms with Crippen molar-refractivity contribution < 1.29 is 9.53 Å². The largest absolute Gasteiger partial charge is 0.497 e. The van der Waals surface area contributed by atoms with E-state index in [1.165, 1.54) is 5.56 Å². The highest BCUT2D eigenvalue weighted by molar-refractivity contribution is 5.85. The number of aryl methyl sites for hydroxylation is 2. The molecular formula is C19H24N4O2. The van der Waals surface area contributed by atoms with Gasteiger partial charge in [-0.2, -0.15) is 0 Å². The molecule has 0 radical (unpaired) electrons. The molecule has 0 spiro atoms. The second kappa shape index (κ2) is 7.09. The molecule has 0 saturated carbocycles. The summed E-state index contributed by atoms with van der Waals surface area (Å²) in [6, 6.07) is 7.79. The molecule has 1 aliphatic rings. The fourth-order valence-electron chi connectivity index (χ4n) is 3.11. The average molecular weight is 340 g/mol. The molecule has 132 valence electrons. The molecule has 6 heteroatoms. The van der Waals surface area contributed by atoms with Crippen LogP contribution >= 0.6 is 0 Å². The summed E-state index contributed by atoms with van der Waals surface area (Å²) >= 11 is 0. The van der Waals surface area contributed by atoms with Crippen LogP contribution in [0.1, 0.15) is 29.4 Å². The van der Waals surface area contributed by atoms with E-state index in [1.54, 1.807) is 7.11 Å². The van der Waals surface area contributed by atoms with Gasteiger partial charge < -0.3 is 15.0 Å². The second-order valence-corrected chi connectivity index (χ2v) is 6.36. The van der Waals surface area contributed by atoms with Crippen LogP contribution in [0.2, 0.25) is 0 Å². The Bertz CT molecular complexity index is 750. The van der Waals surface area contributed by atoms with Gasteiger partial charge in [0.1, 0.15) is 11.8 Å². The van der Waals surface area contributed by atoms with Gasteiger partial charge in [0.15, 0.2) is 0 Å². The maximum Gasteiger partial charge on any atom is 0.242 e. The lowest BCUT2D eigenvalue weighted by Crippen LogP contribution is -2.54. The molecule has 0 unspecified atom stereocenters. The number of rotatable bonds is 4. The number of aromatic nitrogens is 2. The smallest absolute Gasteiger partial charge is 0.242 e.